The van der Waals surface area contributed by atoms with E-state index in [9.17, 15) is 4.39 Å². The normalized spacial score (nSPS) is 22.3. The molecular weight excluding hydrogens is 225 g/mol. The zero-order valence-corrected chi connectivity index (χ0v) is 10.1. The smallest absolute Gasteiger partial charge is 0.123 e. The minimum Gasteiger partial charge on any atom is -0.382 e. The highest BCUT2D eigenvalue weighted by molar-refractivity contribution is 5.44. The summed E-state index contributed by atoms with van der Waals surface area (Å²) in [5.74, 6) is 0.487. The largest absolute Gasteiger partial charge is 0.382 e. The summed E-state index contributed by atoms with van der Waals surface area (Å²) >= 11 is 0. The first kappa shape index (κ1) is 11.3. The average molecular weight is 241 g/mol. The van der Waals surface area contributed by atoms with Gasteiger partial charge >= 0.3 is 0 Å². The van der Waals surface area contributed by atoms with Gasteiger partial charge in [-0.3, -0.25) is 0 Å². The second-order valence-corrected chi connectivity index (χ2v) is 4.93. The average Bonchev–Trinajstić information content (AvgIpc) is 2.36. The van der Waals surface area contributed by atoms with E-state index < -0.39 is 0 Å². The van der Waals surface area contributed by atoms with Gasteiger partial charge in [-0.25, -0.2) is 4.39 Å². The lowest BCUT2D eigenvalue weighted by atomic mass is 9.76. The minimum absolute atomic E-state index is 0.184. The molecule has 0 aliphatic heterocycles. The SMILES string of the molecule is Fc1ccc(NC2CC(c3ccccc3)C2)cc1. The molecule has 0 saturated heterocycles. The van der Waals surface area contributed by atoms with Crippen LogP contribution in [0.4, 0.5) is 10.1 Å². The maximum absolute atomic E-state index is 12.8. The molecule has 92 valence electrons. The van der Waals surface area contributed by atoms with Crippen LogP contribution in [0.5, 0.6) is 0 Å². The van der Waals surface area contributed by atoms with Crippen LogP contribution in [0.2, 0.25) is 0 Å². The van der Waals surface area contributed by atoms with Crippen LogP contribution in [0.1, 0.15) is 24.3 Å². The first-order chi connectivity index (χ1) is 8.81. The molecule has 18 heavy (non-hydrogen) atoms. The lowest BCUT2D eigenvalue weighted by molar-refractivity contribution is 0.374. The Morgan fingerprint density at radius 2 is 1.56 bits per heavy atom. The molecule has 0 amide bonds. The first-order valence-corrected chi connectivity index (χ1v) is 6.38. The standard InChI is InChI=1S/C16H16FN/c17-14-6-8-15(9-7-14)18-16-10-13(11-16)12-4-2-1-3-5-12/h1-9,13,16,18H,10-11H2. The van der Waals surface area contributed by atoms with E-state index in [1.165, 1.54) is 17.7 Å². The van der Waals surface area contributed by atoms with Crippen LogP contribution in [0.15, 0.2) is 54.6 Å². The van der Waals surface area contributed by atoms with E-state index in [1.807, 2.05) is 0 Å². The highest BCUT2D eigenvalue weighted by Gasteiger charge is 2.29. The van der Waals surface area contributed by atoms with Crippen molar-refractivity contribution in [3.63, 3.8) is 0 Å². The number of anilines is 1. The van der Waals surface area contributed by atoms with Crippen LogP contribution in [-0.4, -0.2) is 6.04 Å². The predicted molar refractivity (Wildman–Crippen MR) is 72.2 cm³/mol. The zero-order chi connectivity index (χ0) is 12.4. The molecule has 1 N–H and O–H groups in total. The van der Waals surface area contributed by atoms with Crippen molar-refractivity contribution < 1.29 is 4.39 Å². The Labute approximate surface area is 107 Å². The van der Waals surface area contributed by atoms with Gasteiger partial charge in [-0.05, 0) is 48.6 Å². The Balaban J connectivity index is 1.55. The molecule has 2 aromatic rings. The third kappa shape index (κ3) is 2.37. The molecule has 0 heterocycles. The van der Waals surface area contributed by atoms with Crippen molar-refractivity contribution in [1.82, 2.24) is 0 Å². The minimum atomic E-state index is -0.184. The van der Waals surface area contributed by atoms with Crippen LogP contribution < -0.4 is 5.32 Å². The highest BCUT2D eigenvalue weighted by atomic mass is 19.1. The summed E-state index contributed by atoms with van der Waals surface area (Å²) in [5.41, 5.74) is 2.43. The van der Waals surface area contributed by atoms with Crippen molar-refractivity contribution in [2.24, 2.45) is 0 Å². The molecule has 0 unspecified atom stereocenters. The van der Waals surface area contributed by atoms with E-state index in [-0.39, 0.29) is 5.82 Å². The van der Waals surface area contributed by atoms with E-state index in [1.54, 1.807) is 12.1 Å². The van der Waals surface area contributed by atoms with Gasteiger partial charge in [-0.2, -0.15) is 0 Å². The Bertz CT molecular complexity index is 500. The van der Waals surface area contributed by atoms with Gasteiger partial charge in [0.1, 0.15) is 5.82 Å². The number of benzene rings is 2. The Morgan fingerprint density at radius 3 is 2.22 bits per heavy atom. The molecule has 2 heteroatoms. The quantitative estimate of drug-likeness (QED) is 0.849. The molecule has 0 atom stereocenters. The molecule has 2 aromatic carbocycles. The van der Waals surface area contributed by atoms with Gasteiger partial charge in [0, 0.05) is 11.7 Å². The lowest BCUT2D eigenvalue weighted by Gasteiger charge is -2.37. The molecule has 1 nitrogen and oxygen atoms in total. The summed E-state index contributed by atoms with van der Waals surface area (Å²) in [6, 6.07) is 17.7. The Hall–Kier alpha value is -1.83. The number of hydrogen-bond donors (Lipinski definition) is 1. The highest BCUT2D eigenvalue weighted by Crippen LogP contribution is 2.38. The molecule has 0 radical (unpaired) electrons. The van der Waals surface area contributed by atoms with Crippen molar-refractivity contribution >= 4 is 5.69 Å². The van der Waals surface area contributed by atoms with Crippen LogP contribution in [0.25, 0.3) is 0 Å². The molecule has 1 aliphatic rings. The number of halogens is 1. The van der Waals surface area contributed by atoms with Gasteiger partial charge in [0.15, 0.2) is 0 Å². The predicted octanol–water partition coefficient (Wildman–Crippen LogP) is 4.18. The second-order valence-electron chi connectivity index (χ2n) is 4.93. The van der Waals surface area contributed by atoms with Gasteiger partial charge in [0.05, 0.1) is 0 Å². The van der Waals surface area contributed by atoms with Gasteiger partial charge in [-0.15, -0.1) is 0 Å². The maximum Gasteiger partial charge on any atom is 0.123 e. The van der Waals surface area contributed by atoms with E-state index in [4.69, 9.17) is 0 Å². The van der Waals surface area contributed by atoms with E-state index in [2.05, 4.69) is 35.6 Å². The van der Waals surface area contributed by atoms with Gasteiger partial charge in [0.25, 0.3) is 0 Å². The van der Waals surface area contributed by atoms with Crippen molar-refractivity contribution in [2.75, 3.05) is 5.32 Å². The van der Waals surface area contributed by atoms with Gasteiger partial charge in [-0.1, -0.05) is 30.3 Å². The van der Waals surface area contributed by atoms with E-state index >= 15 is 0 Å². The molecular formula is C16H16FN. The topological polar surface area (TPSA) is 12.0 Å². The summed E-state index contributed by atoms with van der Waals surface area (Å²) in [7, 11) is 0. The summed E-state index contributed by atoms with van der Waals surface area (Å²) < 4.78 is 12.8. The number of hydrogen-bond acceptors (Lipinski definition) is 1. The van der Waals surface area contributed by atoms with Crippen LogP contribution in [0.3, 0.4) is 0 Å². The third-order valence-electron chi connectivity index (χ3n) is 3.62. The van der Waals surface area contributed by atoms with Crippen molar-refractivity contribution in [3.05, 3.63) is 66.0 Å². The fraction of sp³-hybridized carbons (Fsp3) is 0.250. The zero-order valence-electron chi connectivity index (χ0n) is 10.1. The second kappa shape index (κ2) is 4.81. The third-order valence-corrected chi connectivity index (χ3v) is 3.62. The van der Waals surface area contributed by atoms with Crippen molar-refractivity contribution in [2.45, 2.75) is 24.8 Å². The Kier molecular flexibility index (Phi) is 3.01. The summed E-state index contributed by atoms with van der Waals surface area (Å²) in [6.45, 7) is 0. The molecule has 1 aliphatic carbocycles. The molecule has 1 fully saturated rings. The van der Waals surface area contributed by atoms with E-state index in [0.29, 0.717) is 12.0 Å². The number of rotatable bonds is 3. The number of nitrogens with one attached hydrogen (secondary N) is 1. The molecule has 0 aromatic heterocycles. The molecule has 0 bridgehead atoms. The monoisotopic (exact) mass is 241 g/mol. The lowest BCUT2D eigenvalue weighted by Crippen LogP contribution is -2.33. The van der Waals surface area contributed by atoms with Crippen molar-refractivity contribution in [3.8, 4) is 0 Å². The summed E-state index contributed by atoms with van der Waals surface area (Å²) in [5, 5.41) is 3.44. The molecule has 3 rings (SSSR count). The maximum atomic E-state index is 12.8. The van der Waals surface area contributed by atoms with Gasteiger partial charge < -0.3 is 5.32 Å². The summed E-state index contributed by atoms with van der Waals surface area (Å²) in [4.78, 5) is 0. The summed E-state index contributed by atoms with van der Waals surface area (Å²) in [6.07, 6.45) is 2.31. The van der Waals surface area contributed by atoms with Crippen molar-refractivity contribution in [1.29, 1.82) is 0 Å². The van der Waals surface area contributed by atoms with Crippen LogP contribution in [-0.2, 0) is 0 Å². The van der Waals surface area contributed by atoms with E-state index in [0.717, 1.165) is 18.5 Å². The molecule has 1 saturated carbocycles. The Morgan fingerprint density at radius 1 is 0.889 bits per heavy atom. The van der Waals surface area contributed by atoms with Gasteiger partial charge in [0.2, 0.25) is 0 Å². The van der Waals surface area contributed by atoms with Crippen LogP contribution >= 0.6 is 0 Å². The first-order valence-electron chi connectivity index (χ1n) is 6.38. The fourth-order valence-electron chi connectivity index (χ4n) is 2.51. The fourth-order valence-corrected chi connectivity index (χ4v) is 2.51. The molecule has 0 spiro atoms. The van der Waals surface area contributed by atoms with Crippen LogP contribution in [0, 0.1) is 5.82 Å².